The van der Waals surface area contributed by atoms with Crippen molar-refractivity contribution in [3.63, 3.8) is 0 Å². The number of ether oxygens (including phenoxy) is 1. The van der Waals surface area contributed by atoms with Crippen molar-refractivity contribution in [3.8, 4) is 0 Å². The lowest BCUT2D eigenvalue weighted by atomic mass is 10.1. The minimum atomic E-state index is -0.484. The quantitative estimate of drug-likeness (QED) is 0.565. The molecule has 2 fully saturated rings. The van der Waals surface area contributed by atoms with Crippen molar-refractivity contribution >= 4 is 23.0 Å². The Labute approximate surface area is 173 Å². The van der Waals surface area contributed by atoms with Gasteiger partial charge in [0.1, 0.15) is 5.82 Å². The van der Waals surface area contributed by atoms with E-state index in [2.05, 4.69) is 0 Å². The number of non-ortho nitro benzene ring substituents is 1. The number of hydrogen-bond donors (Lipinski definition) is 0. The van der Waals surface area contributed by atoms with Crippen LogP contribution in [0.25, 0.3) is 0 Å². The largest absolute Gasteiger partial charge is 0.378 e. The van der Waals surface area contributed by atoms with Crippen LogP contribution in [0.3, 0.4) is 0 Å². The second kappa shape index (κ2) is 8.66. The van der Waals surface area contributed by atoms with Gasteiger partial charge in [0, 0.05) is 57.1 Å². The summed E-state index contributed by atoms with van der Waals surface area (Å²) in [6, 6.07) is 10.8. The van der Waals surface area contributed by atoms with E-state index in [0.29, 0.717) is 63.7 Å². The van der Waals surface area contributed by atoms with Gasteiger partial charge in [-0.1, -0.05) is 6.07 Å². The van der Waals surface area contributed by atoms with Crippen LogP contribution in [0.2, 0.25) is 0 Å². The Hall–Kier alpha value is -3.20. The molecule has 2 aliphatic rings. The number of nitro benzene ring substituents is 1. The molecule has 0 bridgehead atoms. The summed E-state index contributed by atoms with van der Waals surface area (Å²) >= 11 is 0. The van der Waals surface area contributed by atoms with Crippen LogP contribution in [0.4, 0.5) is 21.5 Å². The molecule has 4 rings (SSSR count). The number of morpholine rings is 1. The summed E-state index contributed by atoms with van der Waals surface area (Å²) < 4.78 is 18.9. The lowest BCUT2D eigenvalue weighted by molar-refractivity contribution is -0.384. The Morgan fingerprint density at radius 3 is 2.37 bits per heavy atom. The Balaban J connectivity index is 1.53. The van der Waals surface area contributed by atoms with Crippen molar-refractivity contribution in [1.29, 1.82) is 0 Å². The van der Waals surface area contributed by atoms with Gasteiger partial charge in [-0.15, -0.1) is 0 Å². The van der Waals surface area contributed by atoms with Gasteiger partial charge in [-0.25, -0.2) is 4.39 Å². The van der Waals surface area contributed by atoms with E-state index >= 15 is 0 Å². The maximum absolute atomic E-state index is 13.5. The van der Waals surface area contributed by atoms with E-state index in [-0.39, 0.29) is 17.4 Å². The van der Waals surface area contributed by atoms with Gasteiger partial charge in [0.05, 0.1) is 29.4 Å². The van der Waals surface area contributed by atoms with Crippen LogP contribution >= 0.6 is 0 Å². The minimum Gasteiger partial charge on any atom is -0.378 e. The number of nitro groups is 1. The van der Waals surface area contributed by atoms with Crippen molar-refractivity contribution in [1.82, 2.24) is 4.90 Å². The number of halogens is 1. The molecule has 0 saturated carbocycles. The maximum Gasteiger partial charge on any atom is 0.270 e. The molecule has 2 aliphatic heterocycles. The molecule has 2 aromatic carbocycles. The summed E-state index contributed by atoms with van der Waals surface area (Å²) in [5.74, 6) is -0.517. The standard InChI is InChI=1S/C21H23FN4O4/c22-16-2-1-3-17(14-16)23-6-8-25(9-7-23)21(27)19-15-18(26(28)29)4-5-20(19)24-10-12-30-13-11-24/h1-5,14-15H,6-13H2. The van der Waals surface area contributed by atoms with Gasteiger partial charge in [0.25, 0.3) is 11.6 Å². The van der Waals surface area contributed by atoms with Crippen molar-refractivity contribution in [2.45, 2.75) is 0 Å². The second-order valence-corrected chi connectivity index (χ2v) is 7.32. The zero-order chi connectivity index (χ0) is 21.1. The monoisotopic (exact) mass is 414 g/mol. The molecule has 158 valence electrons. The van der Waals surface area contributed by atoms with E-state index in [4.69, 9.17) is 4.74 Å². The third-order valence-electron chi connectivity index (χ3n) is 5.51. The normalized spacial score (nSPS) is 17.2. The molecule has 0 N–H and O–H groups in total. The summed E-state index contributed by atoms with van der Waals surface area (Å²) in [4.78, 5) is 29.9. The zero-order valence-electron chi connectivity index (χ0n) is 16.5. The van der Waals surface area contributed by atoms with Crippen molar-refractivity contribution in [2.75, 3.05) is 62.3 Å². The Morgan fingerprint density at radius 1 is 0.967 bits per heavy atom. The van der Waals surface area contributed by atoms with E-state index in [9.17, 15) is 19.3 Å². The van der Waals surface area contributed by atoms with Gasteiger partial charge in [0.2, 0.25) is 0 Å². The molecule has 9 heteroatoms. The fourth-order valence-corrected chi connectivity index (χ4v) is 3.90. The average molecular weight is 414 g/mol. The van der Waals surface area contributed by atoms with Crippen LogP contribution in [0, 0.1) is 15.9 Å². The van der Waals surface area contributed by atoms with Crippen molar-refractivity contribution in [2.24, 2.45) is 0 Å². The van der Waals surface area contributed by atoms with Crippen LogP contribution in [-0.2, 0) is 4.74 Å². The molecule has 2 saturated heterocycles. The number of anilines is 2. The summed E-state index contributed by atoms with van der Waals surface area (Å²) in [5.41, 5.74) is 1.71. The first-order valence-electron chi connectivity index (χ1n) is 9.94. The molecule has 0 aromatic heterocycles. The van der Waals surface area contributed by atoms with Gasteiger partial charge >= 0.3 is 0 Å². The third kappa shape index (κ3) is 4.20. The summed E-state index contributed by atoms with van der Waals surface area (Å²) in [6.45, 7) is 4.42. The number of piperazine rings is 1. The van der Waals surface area contributed by atoms with Gasteiger partial charge in [-0.3, -0.25) is 14.9 Å². The second-order valence-electron chi connectivity index (χ2n) is 7.32. The molecule has 1 amide bonds. The molecule has 8 nitrogen and oxygen atoms in total. The van der Waals surface area contributed by atoms with Crippen molar-refractivity contribution < 1.29 is 18.8 Å². The lowest BCUT2D eigenvalue weighted by Crippen LogP contribution is -2.49. The first kappa shape index (κ1) is 20.1. The van der Waals surface area contributed by atoms with Crippen molar-refractivity contribution in [3.05, 3.63) is 64.0 Å². The van der Waals surface area contributed by atoms with Gasteiger partial charge in [-0.2, -0.15) is 0 Å². The molecule has 2 aromatic rings. The highest BCUT2D eigenvalue weighted by molar-refractivity contribution is 6.00. The van der Waals surface area contributed by atoms with Crippen LogP contribution in [0.5, 0.6) is 0 Å². The first-order valence-corrected chi connectivity index (χ1v) is 9.94. The lowest BCUT2D eigenvalue weighted by Gasteiger charge is -2.37. The smallest absolute Gasteiger partial charge is 0.270 e. The average Bonchev–Trinajstić information content (AvgIpc) is 2.79. The van der Waals surface area contributed by atoms with Gasteiger partial charge in [0.15, 0.2) is 0 Å². The number of carbonyl (C=O) groups excluding carboxylic acids is 1. The van der Waals surface area contributed by atoms with E-state index in [1.54, 1.807) is 17.0 Å². The molecular formula is C21H23FN4O4. The van der Waals surface area contributed by atoms with Gasteiger partial charge in [-0.05, 0) is 24.3 Å². The summed E-state index contributed by atoms with van der Waals surface area (Å²) in [7, 11) is 0. The van der Waals surface area contributed by atoms with E-state index < -0.39 is 4.92 Å². The predicted molar refractivity (Wildman–Crippen MR) is 111 cm³/mol. The molecule has 0 aliphatic carbocycles. The maximum atomic E-state index is 13.5. The highest BCUT2D eigenvalue weighted by atomic mass is 19.1. The predicted octanol–water partition coefficient (Wildman–Crippen LogP) is 2.53. The Bertz CT molecular complexity index is 940. The van der Waals surface area contributed by atoms with Gasteiger partial charge < -0.3 is 19.4 Å². The third-order valence-corrected chi connectivity index (χ3v) is 5.51. The molecule has 0 atom stereocenters. The number of benzene rings is 2. The minimum absolute atomic E-state index is 0.103. The molecule has 2 heterocycles. The highest BCUT2D eigenvalue weighted by Gasteiger charge is 2.28. The molecular weight excluding hydrogens is 391 g/mol. The van der Waals surface area contributed by atoms with Crippen LogP contribution in [0.15, 0.2) is 42.5 Å². The fourth-order valence-electron chi connectivity index (χ4n) is 3.90. The number of nitrogens with zero attached hydrogens (tertiary/aromatic N) is 4. The van der Waals surface area contributed by atoms with Crippen LogP contribution in [-0.4, -0.2) is 68.2 Å². The fraction of sp³-hybridized carbons (Fsp3) is 0.381. The summed E-state index contributed by atoms with van der Waals surface area (Å²) in [5, 5.41) is 11.3. The molecule has 0 unspecified atom stereocenters. The van der Waals surface area contributed by atoms with E-state index in [1.165, 1.54) is 24.3 Å². The number of carbonyl (C=O) groups is 1. The van der Waals surface area contributed by atoms with E-state index in [0.717, 1.165) is 5.69 Å². The van der Waals surface area contributed by atoms with E-state index in [1.807, 2.05) is 15.9 Å². The number of rotatable bonds is 4. The molecule has 0 spiro atoms. The number of amides is 1. The number of hydrogen-bond acceptors (Lipinski definition) is 6. The SMILES string of the molecule is O=C(c1cc([N+](=O)[O-])ccc1N1CCOCC1)N1CCN(c2cccc(F)c2)CC1. The topological polar surface area (TPSA) is 79.2 Å². The first-order chi connectivity index (χ1) is 14.5. The highest BCUT2D eigenvalue weighted by Crippen LogP contribution is 2.28. The zero-order valence-corrected chi connectivity index (χ0v) is 16.5. The molecule has 30 heavy (non-hydrogen) atoms. The Morgan fingerprint density at radius 2 is 1.70 bits per heavy atom. The summed E-state index contributed by atoms with van der Waals surface area (Å²) in [6.07, 6.45) is 0. The molecule has 0 radical (unpaired) electrons. The van der Waals surface area contributed by atoms with Crippen LogP contribution < -0.4 is 9.80 Å². The van der Waals surface area contributed by atoms with Crippen LogP contribution in [0.1, 0.15) is 10.4 Å². The Kier molecular flexibility index (Phi) is 5.80.